The third-order valence-electron chi connectivity index (χ3n) is 5.41. The summed E-state index contributed by atoms with van der Waals surface area (Å²) in [6, 6.07) is 0. The van der Waals surface area contributed by atoms with Gasteiger partial charge in [0.2, 0.25) is 0 Å². The summed E-state index contributed by atoms with van der Waals surface area (Å²) in [6.45, 7) is 2.18. The van der Waals surface area contributed by atoms with Crippen LogP contribution in [0.3, 0.4) is 0 Å². The van der Waals surface area contributed by atoms with E-state index in [1.54, 1.807) is 6.08 Å². The average molecular weight is 383 g/mol. The van der Waals surface area contributed by atoms with Crippen molar-refractivity contribution < 1.29 is 25.2 Å². The molecule has 1 aliphatic rings. The topological polar surface area (TPSA) is 98.0 Å². The number of hydrogen-bond acceptors (Lipinski definition) is 4. The van der Waals surface area contributed by atoms with Gasteiger partial charge in [0.25, 0.3) is 0 Å². The molecule has 0 aromatic rings. The molecule has 0 heterocycles. The number of aliphatic carboxylic acids is 1. The molecule has 4 N–H and O–H groups in total. The summed E-state index contributed by atoms with van der Waals surface area (Å²) in [4.78, 5) is 10.5. The fourth-order valence-corrected chi connectivity index (χ4v) is 3.75. The van der Waals surface area contributed by atoms with E-state index in [2.05, 4.69) is 19.1 Å². The molecule has 0 saturated heterocycles. The lowest BCUT2D eigenvalue weighted by molar-refractivity contribution is -0.137. The van der Waals surface area contributed by atoms with Gasteiger partial charge in [-0.05, 0) is 38.0 Å². The molecule has 1 saturated carbocycles. The van der Waals surface area contributed by atoms with Crippen molar-refractivity contribution in [1.82, 2.24) is 0 Å². The first kappa shape index (κ1) is 23.9. The van der Waals surface area contributed by atoms with E-state index in [-0.39, 0.29) is 18.3 Å². The molecule has 0 spiro atoms. The highest BCUT2D eigenvalue weighted by molar-refractivity contribution is 5.66. The number of carbonyl (C=O) groups is 1. The Bertz CT molecular complexity index is 460. The first-order chi connectivity index (χ1) is 13.0. The maximum atomic E-state index is 10.5. The number of carboxylic acids is 1. The summed E-state index contributed by atoms with van der Waals surface area (Å²) >= 11 is 0. The Kier molecular flexibility index (Phi) is 12.3. The van der Waals surface area contributed by atoms with Gasteiger partial charge < -0.3 is 20.4 Å². The van der Waals surface area contributed by atoms with Crippen molar-refractivity contribution in [2.75, 3.05) is 0 Å². The second kappa shape index (κ2) is 13.9. The molecule has 27 heavy (non-hydrogen) atoms. The molecule has 0 amide bonds. The highest BCUT2D eigenvalue weighted by atomic mass is 16.4. The highest BCUT2D eigenvalue weighted by Crippen LogP contribution is 2.36. The third kappa shape index (κ3) is 10.1. The average Bonchev–Trinajstić information content (AvgIpc) is 2.88. The number of hydrogen-bond donors (Lipinski definition) is 4. The van der Waals surface area contributed by atoms with Crippen molar-refractivity contribution in [3.63, 3.8) is 0 Å². The van der Waals surface area contributed by atoms with Crippen LogP contribution in [0.2, 0.25) is 0 Å². The Morgan fingerprint density at radius 3 is 2.56 bits per heavy atom. The molecule has 0 aromatic heterocycles. The van der Waals surface area contributed by atoms with Crippen molar-refractivity contribution in [2.45, 2.75) is 95.9 Å². The van der Waals surface area contributed by atoms with E-state index in [1.807, 2.05) is 6.08 Å². The molecule has 5 nitrogen and oxygen atoms in total. The van der Waals surface area contributed by atoms with Crippen molar-refractivity contribution >= 4 is 5.97 Å². The Morgan fingerprint density at radius 1 is 1.07 bits per heavy atom. The summed E-state index contributed by atoms with van der Waals surface area (Å²) in [6.07, 6.45) is 14.9. The molecule has 1 aliphatic carbocycles. The first-order valence-electron chi connectivity index (χ1n) is 10.5. The molecule has 5 heteroatoms. The minimum atomic E-state index is -0.783. The van der Waals surface area contributed by atoms with Gasteiger partial charge in [-0.2, -0.15) is 0 Å². The van der Waals surface area contributed by atoms with Gasteiger partial charge in [0.15, 0.2) is 0 Å². The smallest absolute Gasteiger partial charge is 0.303 e. The predicted octanol–water partition coefficient (Wildman–Crippen LogP) is 3.82. The van der Waals surface area contributed by atoms with E-state index >= 15 is 0 Å². The summed E-state index contributed by atoms with van der Waals surface area (Å²) in [7, 11) is 0. The fourth-order valence-electron chi connectivity index (χ4n) is 3.75. The molecule has 5 atom stereocenters. The van der Waals surface area contributed by atoms with Crippen LogP contribution in [0.15, 0.2) is 24.3 Å². The van der Waals surface area contributed by atoms with Crippen LogP contribution < -0.4 is 0 Å². The summed E-state index contributed by atoms with van der Waals surface area (Å²) in [5.41, 5.74) is 0. The van der Waals surface area contributed by atoms with Gasteiger partial charge in [0.1, 0.15) is 0 Å². The van der Waals surface area contributed by atoms with Crippen LogP contribution in [-0.4, -0.2) is 44.7 Å². The summed E-state index contributed by atoms with van der Waals surface area (Å²) in [5, 5.41) is 39.2. The zero-order valence-electron chi connectivity index (χ0n) is 16.7. The van der Waals surface area contributed by atoms with E-state index in [9.17, 15) is 20.1 Å². The van der Waals surface area contributed by atoms with Crippen molar-refractivity contribution in [3.05, 3.63) is 24.3 Å². The minimum Gasteiger partial charge on any atom is -0.481 e. The number of carboxylic acid groups (broad SMARTS) is 1. The second-order valence-corrected chi connectivity index (χ2v) is 7.76. The van der Waals surface area contributed by atoms with E-state index in [1.165, 1.54) is 19.3 Å². The van der Waals surface area contributed by atoms with Gasteiger partial charge in [0.05, 0.1) is 18.3 Å². The van der Waals surface area contributed by atoms with E-state index in [0.29, 0.717) is 19.3 Å². The van der Waals surface area contributed by atoms with Crippen LogP contribution in [0.4, 0.5) is 0 Å². The number of aliphatic hydroxyl groups excluding tert-OH is 3. The predicted molar refractivity (Wildman–Crippen MR) is 107 cm³/mol. The Morgan fingerprint density at radius 2 is 1.85 bits per heavy atom. The zero-order chi connectivity index (χ0) is 20.1. The van der Waals surface area contributed by atoms with Gasteiger partial charge in [-0.1, -0.05) is 56.9 Å². The largest absolute Gasteiger partial charge is 0.481 e. The number of allylic oxidation sites excluding steroid dienone is 2. The van der Waals surface area contributed by atoms with Gasteiger partial charge in [-0.15, -0.1) is 0 Å². The quantitative estimate of drug-likeness (QED) is 0.270. The molecule has 0 bridgehead atoms. The fraction of sp³-hybridized carbons (Fsp3) is 0.773. The molecule has 1 fully saturated rings. The SMILES string of the molecule is CCCCC/C=C\C[C@H]1[C@H](/C=C/[C@@H](O)CCCCCC(=O)O)[C@H](O)C[C@@H]1O. The normalized spacial score (nSPS) is 27.0. The zero-order valence-corrected chi connectivity index (χ0v) is 16.7. The molecule has 156 valence electrons. The van der Waals surface area contributed by atoms with E-state index < -0.39 is 24.3 Å². The van der Waals surface area contributed by atoms with Crippen LogP contribution in [-0.2, 0) is 4.79 Å². The monoisotopic (exact) mass is 382 g/mol. The van der Waals surface area contributed by atoms with Gasteiger partial charge in [-0.3, -0.25) is 4.79 Å². The molecule has 0 aromatic carbocycles. The van der Waals surface area contributed by atoms with Gasteiger partial charge >= 0.3 is 5.97 Å². The lowest BCUT2D eigenvalue weighted by Gasteiger charge is -2.19. The number of aliphatic hydroxyl groups is 3. The maximum absolute atomic E-state index is 10.5. The number of rotatable bonds is 14. The van der Waals surface area contributed by atoms with Crippen LogP contribution in [0.25, 0.3) is 0 Å². The van der Waals surface area contributed by atoms with Gasteiger partial charge in [0, 0.05) is 18.8 Å². The molecule has 1 rings (SSSR count). The van der Waals surface area contributed by atoms with Crippen LogP contribution in [0.1, 0.15) is 77.6 Å². The minimum absolute atomic E-state index is 0.0126. The van der Waals surface area contributed by atoms with Crippen molar-refractivity contribution in [3.8, 4) is 0 Å². The van der Waals surface area contributed by atoms with E-state index in [0.717, 1.165) is 25.7 Å². The van der Waals surface area contributed by atoms with Gasteiger partial charge in [-0.25, -0.2) is 0 Å². The highest BCUT2D eigenvalue weighted by Gasteiger charge is 2.39. The molecule has 0 unspecified atom stereocenters. The number of unbranched alkanes of at least 4 members (excludes halogenated alkanes) is 5. The Labute approximate surface area is 163 Å². The summed E-state index contributed by atoms with van der Waals surface area (Å²) in [5.74, 6) is -0.932. The first-order valence-corrected chi connectivity index (χ1v) is 10.5. The van der Waals surface area contributed by atoms with E-state index in [4.69, 9.17) is 5.11 Å². The van der Waals surface area contributed by atoms with Crippen LogP contribution in [0, 0.1) is 11.8 Å². The maximum Gasteiger partial charge on any atom is 0.303 e. The molecule has 0 radical (unpaired) electrons. The Balaban J connectivity index is 2.39. The second-order valence-electron chi connectivity index (χ2n) is 7.76. The molecular formula is C22H38O5. The van der Waals surface area contributed by atoms with Crippen LogP contribution >= 0.6 is 0 Å². The third-order valence-corrected chi connectivity index (χ3v) is 5.41. The summed E-state index contributed by atoms with van der Waals surface area (Å²) < 4.78 is 0. The molecule has 0 aliphatic heterocycles. The van der Waals surface area contributed by atoms with Crippen molar-refractivity contribution in [1.29, 1.82) is 0 Å². The van der Waals surface area contributed by atoms with Crippen LogP contribution in [0.5, 0.6) is 0 Å². The lowest BCUT2D eigenvalue weighted by atomic mass is 9.89. The molecular weight excluding hydrogens is 344 g/mol. The lowest BCUT2D eigenvalue weighted by Crippen LogP contribution is -2.20. The van der Waals surface area contributed by atoms with Crippen molar-refractivity contribution in [2.24, 2.45) is 11.8 Å². The Hall–Kier alpha value is -1.17. The standard InChI is InChI=1S/C22H38O5/c1-2-3-4-5-6-9-12-18-19(21(25)16-20(18)24)15-14-17(23)11-8-7-10-13-22(26)27/h6,9,14-15,17-21,23-25H,2-5,7-8,10-13,16H2,1H3,(H,26,27)/b9-6-,15-14+/t17-,18-,19-,20-,21+/m0/s1.